The molecule has 0 saturated carbocycles. The Labute approximate surface area is 218 Å². The lowest BCUT2D eigenvalue weighted by Crippen LogP contribution is -2.27. The third-order valence-corrected chi connectivity index (χ3v) is 7.19. The van der Waals surface area contributed by atoms with Crippen LogP contribution >= 0.6 is 35.6 Å². The van der Waals surface area contributed by atoms with E-state index in [4.69, 9.17) is 33.3 Å². The van der Waals surface area contributed by atoms with Gasteiger partial charge in [-0.25, -0.2) is 0 Å². The highest BCUT2D eigenvalue weighted by Crippen LogP contribution is 2.39. The summed E-state index contributed by atoms with van der Waals surface area (Å²) >= 11 is 12.9. The van der Waals surface area contributed by atoms with Gasteiger partial charge in [-0.2, -0.15) is 0 Å². The van der Waals surface area contributed by atoms with E-state index >= 15 is 0 Å². The Kier molecular flexibility index (Phi) is 6.77. The van der Waals surface area contributed by atoms with Crippen LogP contribution in [0, 0.1) is 0 Å². The minimum Gasteiger partial charge on any atom is -0.497 e. The Hall–Kier alpha value is -3.32. The molecular formula is C28H20ClNO3S2. The molecule has 1 heterocycles. The van der Waals surface area contributed by atoms with Gasteiger partial charge in [-0.1, -0.05) is 78.0 Å². The number of ether oxygens (including phenoxy) is 2. The van der Waals surface area contributed by atoms with Crippen LogP contribution in [0.3, 0.4) is 0 Å². The quantitative estimate of drug-likeness (QED) is 0.196. The van der Waals surface area contributed by atoms with E-state index in [1.165, 1.54) is 11.8 Å². The van der Waals surface area contributed by atoms with E-state index < -0.39 is 0 Å². The van der Waals surface area contributed by atoms with Crippen LogP contribution in [0.1, 0.15) is 11.1 Å². The molecule has 0 N–H and O–H groups in total. The van der Waals surface area contributed by atoms with Gasteiger partial charge in [0.25, 0.3) is 5.91 Å². The molecule has 5 rings (SSSR count). The molecule has 0 aromatic heterocycles. The highest BCUT2D eigenvalue weighted by atomic mass is 35.5. The topological polar surface area (TPSA) is 38.8 Å². The number of benzene rings is 4. The number of halogens is 1. The summed E-state index contributed by atoms with van der Waals surface area (Å²) in [6, 6.07) is 26.8. The van der Waals surface area contributed by atoms with Crippen molar-refractivity contribution in [3.05, 3.63) is 106 Å². The first-order valence-corrected chi connectivity index (χ1v) is 12.4. The number of rotatable bonds is 6. The molecule has 174 valence electrons. The second-order valence-electron chi connectivity index (χ2n) is 7.83. The van der Waals surface area contributed by atoms with Crippen LogP contribution in [0.4, 0.5) is 5.69 Å². The first-order chi connectivity index (χ1) is 17.0. The number of carbonyl (C=O) groups excluding carboxylic acids is 1. The molecule has 0 aliphatic carbocycles. The largest absolute Gasteiger partial charge is 0.497 e. The van der Waals surface area contributed by atoms with Gasteiger partial charge in [0.15, 0.2) is 4.32 Å². The molecule has 35 heavy (non-hydrogen) atoms. The van der Waals surface area contributed by atoms with Crippen molar-refractivity contribution >= 4 is 68.3 Å². The maximum Gasteiger partial charge on any atom is 0.270 e. The van der Waals surface area contributed by atoms with Crippen LogP contribution in [0.5, 0.6) is 11.5 Å². The molecular weight excluding hydrogens is 498 g/mol. The van der Waals surface area contributed by atoms with Crippen LogP contribution in [-0.2, 0) is 11.4 Å². The normalized spacial score (nSPS) is 14.7. The summed E-state index contributed by atoms with van der Waals surface area (Å²) in [5.74, 6) is 1.24. The molecule has 4 aromatic carbocycles. The highest BCUT2D eigenvalue weighted by molar-refractivity contribution is 8.27. The maximum atomic E-state index is 13.4. The van der Waals surface area contributed by atoms with Crippen molar-refractivity contribution in [2.45, 2.75) is 6.61 Å². The van der Waals surface area contributed by atoms with Gasteiger partial charge in [-0.15, -0.1) is 0 Å². The zero-order chi connectivity index (χ0) is 24.4. The van der Waals surface area contributed by atoms with Gasteiger partial charge < -0.3 is 9.47 Å². The molecule has 1 saturated heterocycles. The third kappa shape index (κ3) is 4.91. The molecule has 0 atom stereocenters. The molecule has 1 aliphatic rings. The lowest BCUT2D eigenvalue weighted by Gasteiger charge is -2.15. The zero-order valence-corrected chi connectivity index (χ0v) is 21.1. The van der Waals surface area contributed by atoms with E-state index in [9.17, 15) is 4.79 Å². The number of anilines is 1. The first kappa shape index (κ1) is 23.4. The molecule has 0 unspecified atom stereocenters. The van der Waals surface area contributed by atoms with Gasteiger partial charge in [0.05, 0.1) is 17.7 Å². The summed E-state index contributed by atoms with van der Waals surface area (Å²) in [6.07, 6.45) is 1.88. The van der Waals surface area contributed by atoms with E-state index in [-0.39, 0.29) is 5.91 Å². The number of nitrogens with zero attached hydrogens (tertiary/aromatic N) is 1. The van der Waals surface area contributed by atoms with Gasteiger partial charge in [0.2, 0.25) is 0 Å². The average molecular weight is 518 g/mol. The van der Waals surface area contributed by atoms with E-state index in [1.54, 1.807) is 12.0 Å². The van der Waals surface area contributed by atoms with Crippen LogP contribution < -0.4 is 14.4 Å². The summed E-state index contributed by atoms with van der Waals surface area (Å²) in [5, 5.41) is 2.73. The summed E-state index contributed by atoms with van der Waals surface area (Å²) in [6.45, 7) is 0.378. The minimum atomic E-state index is -0.165. The first-order valence-electron chi connectivity index (χ1n) is 10.8. The predicted octanol–water partition coefficient (Wildman–Crippen LogP) is 7.49. The Bertz CT molecular complexity index is 1450. The van der Waals surface area contributed by atoms with Crippen molar-refractivity contribution in [2.24, 2.45) is 0 Å². The van der Waals surface area contributed by atoms with Crippen molar-refractivity contribution < 1.29 is 14.3 Å². The molecule has 0 bridgehead atoms. The smallest absolute Gasteiger partial charge is 0.270 e. The fourth-order valence-electron chi connectivity index (χ4n) is 3.84. The monoisotopic (exact) mass is 517 g/mol. The van der Waals surface area contributed by atoms with Crippen LogP contribution in [-0.4, -0.2) is 17.3 Å². The summed E-state index contributed by atoms with van der Waals surface area (Å²) < 4.78 is 11.9. The molecule has 0 spiro atoms. The maximum absolute atomic E-state index is 13.4. The van der Waals surface area contributed by atoms with Crippen LogP contribution in [0.2, 0.25) is 5.02 Å². The summed E-state index contributed by atoms with van der Waals surface area (Å²) in [5.41, 5.74) is 2.54. The number of hydrogen-bond acceptors (Lipinski definition) is 5. The van der Waals surface area contributed by atoms with Crippen LogP contribution in [0.15, 0.2) is 89.8 Å². The van der Waals surface area contributed by atoms with E-state index in [0.29, 0.717) is 38.0 Å². The summed E-state index contributed by atoms with van der Waals surface area (Å²) in [7, 11) is 1.61. The van der Waals surface area contributed by atoms with Crippen molar-refractivity contribution in [1.82, 2.24) is 0 Å². The second kappa shape index (κ2) is 10.1. The molecule has 7 heteroatoms. The Morgan fingerprint density at radius 3 is 2.46 bits per heavy atom. The minimum absolute atomic E-state index is 0.165. The number of thiocarbonyl (C=S) groups is 1. The number of amides is 1. The lowest BCUT2D eigenvalue weighted by atomic mass is 10.0. The molecule has 1 aliphatic heterocycles. The summed E-state index contributed by atoms with van der Waals surface area (Å²) in [4.78, 5) is 15.5. The van der Waals surface area contributed by atoms with Crippen molar-refractivity contribution in [1.29, 1.82) is 0 Å². The number of hydrogen-bond donors (Lipinski definition) is 0. The number of carbonyl (C=O) groups is 1. The number of thioether (sulfide) groups is 1. The van der Waals surface area contributed by atoms with Crippen molar-refractivity contribution in [3.8, 4) is 11.5 Å². The predicted molar refractivity (Wildman–Crippen MR) is 148 cm³/mol. The molecule has 0 radical (unpaired) electrons. The van der Waals surface area contributed by atoms with Gasteiger partial charge in [-0.3, -0.25) is 9.69 Å². The third-order valence-electron chi connectivity index (χ3n) is 5.64. The molecule has 1 amide bonds. The molecule has 4 nitrogen and oxygen atoms in total. The van der Waals surface area contributed by atoms with Crippen molar-refractivity contribution in [3.63, 3.8) is 0 Å². The Morgan fingerprint density at radius 2 is 1.71 bits per heavy atom. The molecule has 4 aromatic rings. The van der Waals surface area contributed by atoms with E-state index in [0.717, 1.165) is 21.9 Å². The lowest BCUT2D eigenvalue weighted by molar-refractivity contribution is -0.113. The van der Waals surface area contributed by atoms with Gasteiger partial charge >= 0.3 is 0 Å². The van der Waals surface area contributed by atoms with Crippen molar-refractivity contribution in [2.75, 3.05) is 12.0 Å². The highest BCUT2D eigenvalue weighted by Gasteiger charge is 2.33. The average Bonchev–Trinajstić information content (AvgIpc) is 3.17. The Morgan fingerprint density at radius 1 is 0.971 bits per heavy atom. The zero-order valence-electron chi connectivity index (χ0n) is 18.7. The fourth-order valence-corrected chi connectivity index (χ4v) is 5.25. The molecule has 1 fully saturated rings. The number of fused-ring (bicyclic) bond motifs is 1. The SMILES string of the molecule is COc1ccc(N2C(=O)/C(=C/c3c(OCc4ccc(Cl)cc4)ccc4ccccc34)SC2=S)cc1. The standard InChI is InChI=1S/C28H20ClNO3S2/c1-32-22-13-11-21(12-14-22)30-27(31)26(35-28(30)34)16-24-23-5-3-2-4-19(23)8-15-25(24)33-17-18-6-9-20(29)10-7-18/h2-16H,17H2,1H3/b26-16-. The second-order valence-corrected chi connectivity index (χ2v) is 9.94. The Balaban J connectivity index is 1.50. The van der Waals surface area contributed by atoms with Gasteiger partial charge in [0.1, 0.15) is 18.1 Å². The van der Waals surface area contributed by atoms with Crippen LogP contribution in [0.25, 0.3) is 16.8 Å². The number of methoxy groups -OCH3 is 1. The van der Waals surface area contributed by atoms with E-state index in [1.807, 2.05) is 91.0 Å². The van der Waals surface area contributed by atoms with Gasteiger partial charge in [-0.05, 0) is 64.9 Å². The fraction of sp³-hybridized carbons (Fsp3) is 0.0714. The van der Waals surface area contributed by atoms with E-state index in [2.05, 4.69) is 0 Å². The van der Waals surface area contributed by atoms with Gasteiger partial charge in [0, 0.05) is 10.6 Å².